The summed E-state index contributed by atoms with van der Waals surface area (Å²) in [7, 11) is -3.75. The summed E-state index contributed by atoms with van der Waals surface area (Å²) in [6.45, 7) is 6.12. The van der Waals surface area contributed by atoms with Crippen molar-refractivity contribution in [1.82, 2.24) is 9.29 Å². The van der Waals surface area contributed by atoms with Crippen LogP contribution >= 0.6 is 22.9 Å². The van der Waals surface area contributed by atoms with E-state index in [4.69, 9.17) is 11.6 Å². The number of thiazole rings is 1. The molecule has 0 unspecified atom stereocenters. The fourth-order valence-electron chi connectivity index (χ4n) is 2.24. The maximum atomic E-state index is 12.7. The summed E-state index contributed by atoms with van der Waals surface area (Å²) in [5, 5.41) is 5.12. The van der Waals surface area contributed by atoms with Crippen molar-refractivity contribution in [3.8, 4) is 0 Å². The number of amides is 1. The van der Waals surface area contributed by atoms with Gasteiger partial charge in [0.15, 0.2) is 5.13 Å². The molecule has 1 N–H and O–H groups in total. The number of benzene rings is 1. The molecule has 0 saturated carbocycles. The molecule has 0 aliphatic heterocycles. The van der Waals surface area contributed by atoms with Gasteiger partial charge in [-0.05, 0) is 24.6 Å². The molecular formula is C16H20ClN3O3S2. The second-order valence-corrected chi connectivity index (χ2v) is 8.36. The Morgan fingerprint density at radius 2 is 1.96 bits per heavy atom. The predicted molar refractivity (Wildman–Crippen MR) is 101 cm³/mol. The van der Waals surface area contributed by atoms with Gasteiger partial charge in [0.05, 0.1) is 10.7 Å². The summed E-state index contributed by atoms with van der Waals surface area (Å²) in [5.74, 6) is -0.426. The summed E-state index contributed by atoms with van der Waals surface area (Å²) in [5.41, 5.74) is 1.10. The van der Waals surface area contributed by atoms with Gasteiger partial charge in [-0.15, -0.1) is 11.3 Å². The largest absolute Gasteiger partial charge is 0.298 e. The third kappa shape index (κ3) is 4.38. The van der Waals surface area contributed by atoms with Gasteiger partial charge >= 0.3 is 0 Å². The van der Waals surface area contributed by atoms with E-state index in [-0.39, 0.29) is 15.5 Å². The third-order valence-corrected chi connectivity index (χ3v) is 6.99. The number of hydrogen-bond donors (Lipinski definition) is 1. The van der Waals surface area contributed by atoms with E-state index in [0.717, 1.165) is 12.1 Å². The Labute approximate surface area is 156 Å². The summed E-state index contributed by atoms with van der Waals surface area (Å²) >= 11 is 7.40. The number of aryl methyl sites for hydroxylation is 1. The molecule has 25 heavy (non-hydrogen) atoms. The van der Waals surface area contributed by atoms with Crippen molar-refractivity contribution in [3.63, 3.8) is 0 Å². The number of aromatic nitrogens is 1. The molecule has 0 aliphatic carbocycles. The van der Waals surface area contributed by atoms with Crippen LogP contribution in [0.3, 0.4) is 0 Å². The molecule has 1 aromatic heterocycles. The van der Waals surface area contributed by atoms with Crippen LogP contribution in [0.15, 0.2) is 28.5 Å². The van der Waals surface area contributed by atoms with E-state index in [9.17, 15) is 13.2 Å². The Morgan fingerprint density at radius 3 is 2.52 bits per heavy atom. The zero-order valence-electron chi connectivity index (χ0n) is 14.2. The van der Waals surface area contributed by atoms with Crippen LogP contribution in [0.2, 0.25) is 5.02 Å². The van der Waals surface area contributed by atoms with Gasteiger partial charge in [0, 0.05) is 24.0 Å². The van der Waals surface area contributed by atoms with Crippen LogP contribution in [-0.2, 0) is 16.4 Å². The minimum Gasteiger partial charge on any atom is -0.298 e. The van der Waals surface area contributed by atoms with Crippen LogP contribution in [0.4, 0.5) is 5.13 Å². The fraction of sp³-hybridized carbons (Fsp3) is 0.375. The molecule has 0 spiro atoms. The SMILES string of the molecule is CCc1csc(NC(=O)c2ccc(Cl)c(S(=O)(=O)N(CC)CC)c2)n1. The quantitative estimate of drug-likeness (QED) is 0.768. The highest BCUT2D eigenvalue weighted by molar-refractivity contribution is 7.89. The Hall–Kier alpha value is -1.48. The minimum absolute atomic E-state index is 0.0705. The Balaban J connectivity index is 2.33. The number of carbonyl (C=O) groups is 1. The third-order valence-electron chi connectivity index (χ3n) is 3.65. The molecule has 0 fully saturated rings. The number of halogens is 1. The van der Waals surface area contributed by atoms with E-state index < -0.39 is 15.9 Å². The molecule has 0 radical (unpaired) electrons. The van der Waals surface area contributed by atoms with Gasteiger partial charge in [0.1, 0.15) is 4.90 Å². The van der Waals surface area contributed by atoms with Crippen molar-refractivity contribution in [3.05, 3.63) is 39.9 Å². The van der Waals surface area contributed by atoms with Gasteiger partial charge in [-0.2, -0.15) is 4.31 Å². The normalized spacial score (nSPS) is 11.7. The maximum Gasteiger partial charge on any atom is 0.257 e. The van der Waals surface area contributed by atoms with Crippen LogP contribution in [0.25, 0.3) is 0 Å². The topological polar surface area (TPSA) is 79.4 Å². The highest BCUT2D eigenvalue weighted by Crippen LogP contribution is 2.26. The number of hydrogen-bond acceptors (Lipinski definition) is 5. The zero-order chi connectivity index (χ0) is 18.6. The van der Waals surface area contributed by atoms with E-state index in [1.807, 2.05) is 12.3 Å². The lowest BCUT2D eigenvalue weighted by Gasteiger charge is -2.19. The molecule has 6 nitrogen and oxygen atoms in total. The Kier molecular flexibility index (Phi) is 6.56. The summed E-state index contributed by atoms with van der Waals surface area (Å²) in [6, 6.07) is 4.22. The van der Waals surface area contributed by atoms with Crippen molar-refractivity contribution in [2.45, 2.75) is 32.1 Å². The highest BCUT2D eigenvalue weighted by atomic mass is 35.5. The van der Waals surface area contributed by atoms with Gasteiger partial charge in [0.2, 0.25) is 10.0 Å². The highest BCUT2D eigenvalue weighted by Gasteiger charge is 2.25. The molecule has 0 bridgehead atoms. The fourth-order valence-corrected chi connectivity index (χ4v) is 4.99. The summed E-state index contributed by atoms with van der Waals surface area (Å²) in [4.78, 5) is 16.6. The molecule has 2 aromatic rings. The first kappa shape index (κ1) is 19.8. The predicted octanol–water partition coefficient (Wildman–Crippen LogP) is 3.64. The average Bonchev–Trinajstić information content (AvgIpc) is 3.03. The molecule has 1 amide bonds. The van der Waals surface area contributed by atoms with Gasteiger partial charge in [-0.1, -0.05) is 32.4 Å². The van der Waals surface area contributed by atoms with Crippen molar-refractivity contribution in [2.75, 3.05) is 18.4 Å². The summed E-state index contributed by atoms with van der Waals surface area (Å²) < 4.78 is 26.7. The van der Waals surface area contributed by atoms with Crippen molar-refractivity contribution in [1.29, 1.82) is 0 Å². The molecular weight excluding hydrogens is 382 g/mol. The first-order chi connectivity index (χ1) is 11.8. The standard InChI is InChI=1S/C16H20ClN3O3S2/c1-4-12-10-24-16(18-12)19-15(21)11-7-8-13(17)14(9-11)25(22,23)20(5-2)6-3/h7-10H,4-6H2,1-3H3,(H,18,19,21). The molecule has 0 aliphatic rings. The Morgan fingerprint density at radius 1 is 1.28 bits per heavy atom. The van der Waals surface area contributed by atoms with Crippen LogP contribution in [0.1, 0.15) is 36.8 Å². The summed E-state index contributed by atoms with van der Waals surface area (Å²) in [6.07, 6.45) is 0.777. The monoisotopic (exact) mass is 401 g/mol. The van der Waals surface area contributed by atoms with Gasteiger partial charge in [-0.3, -0.25) is 10.1 Å². The van der Waals surface area contributed by atoms with Crippen LogP contribution in [0.5, 0.6) is 0 Å². The van der Waals surface area contributed by atoms with Crippen molar-refractivity contribution < 1.29 is 13.2 Å². The molecule has 0 atom stereocenters. The molecule has 2 rings (SSSR count). The second-order valence-electron chi connectivity index (χ2n) is 5.19. The van der Waals surface area contributed by atoms with Gasteiger partial charge in [0.25, 0.3) is 5.91 Å². The maximum absolute atomic E-state index is 12.7. The van der Waals surface area contributed by atoms with Crippen LogP contribution in [0, 0.1) is 0 Å². The van der Waals surface area contributed by atoms with Crippen molar-refractivity contribution >= 4 is 44.0 Å². The van der Waals surface area contributed by atoms with E-state index >= 15 is 0 Å². The number of rotatable bonds is 7. The average molecular weight is 402 g/mol. The zero-order valence-corrected chi connectivity index (χ0v) is 16.6. The number of nitrogens with zero attached hydrogens (tertiary/aromatic N) is 2. The number of sulfonamides is 1. The van der Waals surface area contributed by atoms with E-state index in [1.165, 1.54) is 33.8 Å². The van der Waals surface area contributed by atoms with E-state index in [1.54, 1.807) is 13.8 Å². The smallest absolute Gasteiger partial charge is 0.257 e. The lowest BCUT2D eigenvalue weighted by atomic mass is 10.2. The molecule has 1 heterocycles. The molecule has 0 saturated heterocycles. The first-order valence-corrected chi connectivity index (χ1v) is 10.6. The van der Waals surface area contributed by atoms with Crippen LogP contribution < -0.4 is 5.32 Å². The molecule has 9 heteroatoms. The number of nitrogens with one attached hydrogen (secondary N) is 1. The number of anilines is 1. The second kappa shape index (κ2) is 8.27. The minimum atomic E-state index is -3.75. The molecule has 136 valence electrons. The lowest BCUT2D eigenvalue weighted by molar-refractivity contribution is 0.102. The van der Waals surface area contributed by atoms with Gasteiger partial charge < -0.3 is 0 Å². The lowest BCUT2D eigenvalue weighted by Crippen LogP contribution is -2.31. The molecule has 1 aromatic carbocycles. The first-order valence-electron chi connectivity index (χ1n) is 7.88. The van der Waals surface area contributed by atoms with E-state index in [2.05, 4.69) is 10.3 Å². The van der Waals surface area contributed by atoms with Crippen molar-refractivity contribution in [2.24, 2.45) is 0 Å². The Bertz CT molecular complexity index is 861. The van der Waals surface area contributed by atoms with Crippen LogP contribution in [-0.4, -0.2) is 36.7 Å². The van der Waals surface area contributed by atoms with Gasteiger partial charge in [-0.25, -0.2) is 13.4 Å². The number of carbonyl (C=O) groups excluding carboxylic acids is 1. The van der Waals surface area contributed by atoms with E-state index in [0.29, 0.717) is 18.2 Å².